The number of alkyl halides is 1. The third-order valence-electron chi connectivity index (χ3n) is 1.92. The van der Waals surface area contributed by atoms with E-state index in [2.05, 4.69) is 37.0 Å². The third kappa shape index (κ3) is 1.77. The van der Waals surface area contributed by atoms with Crippen LogP contribution in [0.3, 0.4) is 0 Å². The summed E-state index contributed by atoms with van der Waals surface area (Å²) in [5.41, 5.74) is 2.99. The van der Waals surface area contributed by atoms with Gasteiger partial charge in [-0.05, 0) is 6.07 Å². The maximum Gasteiger partial charge on any atom is 0.128 e. The van der Waals surface area contributed by atoms with Crippen LogP contribution in [0.4, 0.5) is 0 Å². The predicted molar refractivity (Wildman–Crippen MR) is 62.3 cm³/mol. The van der Waals surface area contributed by atoms with Gasteiger partial charge in [0.1, 0.15) is 12.0 Å². The standard InChI is InChI=1S/C10H7Br2NO/c11-5-7-6-14-13-10(7)8-3-1-2-4-9(8)12/h1-4,6H,5H2. The zero-order valence-corrected chi connectivity index (χ0v) is 10.4. The Labute approximate surface area is 98.6 Å². The maximum absolute atomic E-state index is 4.95. The van der Waals surface area contributed by atoms with Crippen molar-refractivity contribution in [1.82, 2.24) is 5.16 Å². The zero-order valence-electron chi connectivity index (χ0n) is 7.21. The van der Waals surface area contributed by atoms with Crippen LogP contribution in [0.5, 0.6) is 0 Å². The molecule has 72 valence electrons. The molecule has 1 aromatic heterocycles. The lowest BCUT2D eigenvalue weighted by molar-refractivity contribution is 0.421. The van der Waals surface area contributed by atoms with Crippen molar-refractivity contribution in [2.45, 2.75) is 5.33 Å². The van der Waals surface area contributed by atoms with Crippen molar-refractivity contribution >= 4 is 31.9 Å². The van der Waals surface area contributed by atoms with E-state index >= 15 is 0 Å². The first-order valence-electron chi connectivity index (χ1n) is 4.07. The molecule has 2 aromatic rings. The third-order valence-corrected chi connectivity index (χ3v) is 3.21. The smallest absolute Gasteiger partial charge is 0.128 e. The molecule has 14 heavy (non-hydrogen) atoms. The second kappa shape index (κ2) is 4.28. The van der Waals surface area contributed by atoms with Crippen LogP contribution in [-0.2, 0) is 5.33 Å². The second-order valence-electron chi connectivity index (χ2n) is 2.80. The Morgan fingerprint density at radius 1 is 1.29 bits per heavy atom. The molecule has 4 heteroatoms. The normalized spacial score (nSPS) is 10.4. The van der Waals surface area contributed by atoms with Crippen LogP contribution >= 0.6 is 31.9 Å². The number of aromatic nitrogens is 1. The molecule has 0 spiro atoms. The Morgan fingerprint density at radius 3 is 2.79 bits per heavy atom. The molecule has 0 fully saturated rings. The molecule has 0 saturated carbocycles. The lowest BCUT2D eigenvalue weighted by atomic mass is 10.1. The number of rotatable bonds is 2. The van der Waals surface area contributed by atoms with E-state index in [9.17, 15) is 0 Å². The lowest BCUT2D eigenvalue weighted by Gasteiger charge is -2.00. The molecule has 0 aliphatic carbocycles. The predicted octanol–water partition coefficient (Wildman–Crippen LogP) is 4.00. The van der Waals surface area contributed by atoms with Gasteiger partial charge in [-0.1, -0.05) is 55.2 Å². The summed E-state index contributed by atoms with van der Waals surface area (Å²) in [6, 6.07) is 7.95. The number of nitrogens with zero attached hydrogens (tertiary/aromatic N) is 1. The van der Waals surface area contributed by atoms with Gasteiger partial charge in [-0.25, -0.2) is 0 Å². The van der Waals surface area contributed by atoms with Crippen molar-refractivity contribution in [3.8, 4) is 11.3 Å². The quantitative estimate of drug-likeness (QED) is 0.783. The Balaban J connectivity index is 2.54. The zero-order chi connectivity index (χ0) is 9.97. The minimum absolute atomic E-state index is 0.743. The van der Waals surface area contributed by atoms with Gasteiger partial charge < -0.3 is 4.52 Å². The molecule has 0 aliphatic rings. The fourth-order valence-electron chi connectivity index (χ4n) is 1.23. The van der Waals surface area contributed by atoms with Gasteiger partial charge in [0.2, 0.25) is 0 Å². The lowest BCUT2D eigenvalue weighted by Crippen LogP contribution is -1.83. The molecule has 1 heterocycles. The van der Waals surface area contributed by atoms with E-state index < -0.39 is 0 Å². The van der Waals surface area contributed by atoms with Crippen LogP contribution in [0.25, 0.3) is 11.3 Å². The van der Waals surface area contributed by atoms with Crippen molar-refractivity contribution in [1.29, 1.82) is 0 Å². The summed E-state index contributed by atoms with van der Waals surface area (Å²) in [4.78, 5) is 0. The van der Waals surface area contributed by atoms with E-state index in [1.54, 1.807) is 6.26 Å². The van der Waals surface area contributed by atoms with Crippen LogP contribution in [0, 0.1) is 0 Å². The molecule has 0 saturated heterocycles. The van der Waals surface area contributed by atoms with E-state index in [0.29, 0.717) is 0 Å². The largest absolute Gasteiger partial charge is 0.364 e. The summed E-state index contributed by atoms with van der Waals surface area (Å²) >= 11 is 6.88. The molecular formula is C10H7Br2NO. The van der Waals surface area contributed by atoms with Crippen molar-refractivity contribution in [3.63, 3.8) is 0 Å². The first-order chi connectivity index (χ1) is 6.83. The summed E-state index contributed by atoms with van der Waals surface area (Å²) < 4.78 is 5.97. The summed E-state index contributed by atoms with van der Waals surface area (Å²) in [7, 11) is 0. The van der Waals surface area contributed by atoms with Crippen molar-refractivity contribution in [3.05, 3.63) is 40.6 Å². The molecule has 2 rings (SSSR count). The number of benzene rings is 1. The van der Waals surface area contributed by atoms with Gasteiger partial charge >= 0.3 is 0 Å². The molecule has 0 radical (unpaired) electrons. The SMILES string of the molecule is BrCc1conc1-c1ccccc1Br. The molecule has 0 atom stereocenters. The van der Waals surface area contributed by atoms with E-state index in [-0.39, 0.29) is 0 Å². The van der Waals surface area contributed by atoms with Gasteiger partial charge in [0, 0.05) is 20.9 Å². The Morgan fingerprint density at radius 2 is 2.07 bits per heavy atom. The van der Waals surface area contributed by atoms with Crippen molar-refractivity contribution in [2.75, 3.05) is 0 Å². The van der Waals surface area contributed by atoms with Crippen LogP contribution in [0.2, 0.25) is 0 Å². The van der Waals surface area contributed by atoms with E-state index in [4.69, 9.17) is 4.52 Å². The highest BCUT2D eigenvalue weighted by Gasteiger charge is 2.11. The topological polar surface area (TPSA) is 26.0 Å². The van der Waals surface area contributed by atoms with Crippen LogP contribution in [0.1, 0.15) is 5.56 Å². The second-order valence-corrected chi connectivity index (χ2v) is 4.22. The van der Waals surface area contributed by atoms with Gasteiger partial charge in [0.25, 0.3) is 0 Å². The Bertz CT molecular complexity index is 439. The summed E-state index contributed by atoms with van der Waals surface area (Å²) in [5, 5.41) is 4.73. The van der Waals surface area contributed by atoms with Crippen molar-refractivity contribution < 1.29 is 4.52 Å². The number of hydrogen-bond donors (Lipinski definition) is 0. The molecule has 1 aromatic carbocycles. The van der Waals surface area contributed by atoms with Gasteiger partial charge in [0.05, 0.1) is 0 Å². The fourth-order valence-corrected chi connectivity index (χ4v) is 2.10. The Kier molecular flexibility index (Phi) is 3.03. The highest BCUT2D eigenvalue weighted by atomic mass is 79.9. The monoisotopic (exact) mass is 315 g/mol. The average molecular weight is 317 g/mol. The highest BCUT2D eigenvalue weighted by molar-refractivity contribution is 9.10. The molecule has 0 amide bonds. The van der Waals surface area contributed by atoms with Gasteiger partial charge in [0.15, 0.2) is 0 Å². The molecule has 0 unspecified atom stereocenters. The molecular weight excluding hydrogens is 310 g/mol. The average Bonchev–Trinajstić information content (AvgIpc) is 2.66. The van der Waals surface area contributed by atoms with Crippen LogP contribution < -0.4 is 0 Å². The first kappa shape index (κ1) is 9.93. The summed E-state index contributed by atoms with van der Waals surface area (Å²) in [6.45, 7) is 0. The number of hydrogen-bond acceptors (Lipinski definition) is 2. The van der Waals surface area contributed by atoms with E-state index in [1.807, 2.05) is 24.3 Å². The summed E-state index contributed by atoms with van der Waals surface area (Å²) in [5.74, 6) is 0. The molecule has 0 N–H and O–H groups in total. The highest BCUT2D eigenvalue weighted by Crippen LogP contribution is 2.30. The minimum Gasteiger partial charge on any atom is -0.364 e. The van der Waals surface area contributed by atoms with Gasteiger partial charge in [-0.2, -0.15) is 0 Å². The van der Waals surface area contributed by atoms with Crippen LogP contribution in [-0.4, -0.2) is 5.16 Å². The van der Waals surface area contributed by atoms with E-state index in [1.165, 1.54) is 0 Å². The minimum atomic E-state index is 0.743. The Hall–Kier alpha value is -0.610. The van der Waals surface area contributed by atoms with Gasteiger partial charge in [-0.3, -0.25) is 0 Å². The maximum atomic E-state index is 4.95. The van der Waals surface area contributed by atoms with Crippen molar-refractivity contribution in [2.24, 2.45) is 0 Å². The number of halogens is 2. The van der Waals surface area contributed by atoms with Crippen LogP contribution in [0.15, 0.2) is 39.5 Å². The molecule has 2 nitrogen and oxygen atoms in total. The summed E-state index contributed by atoms with van der Waals surface area (Å²) in [6.07, 6.45) is 1.66. The van der Waals surface area contributed by atoms with E-state index in [0.717, 1.165) is 26.6 Å². The van der Waals surface area contributed by atoms with Gasteiger partial charge in [-0.15, -0.1) is 0 Å². The fraction of sp³-hybridized carbons (Fsp3) is 0.100. The first-order valence-corrected chi connectivity index (χ1v) is 5.98. The molecule has 0 aliphatic heterocycles. The molecule has 0 bridgehead atoms.